The summed E-state index contributed by atoms with van der Waals surface area (Å²) in [5.74, 6) is -2.71. The predicted octanol–water partition coefficient (Wildman–Crippen LogP) is 3.29. The van der Waals surface area contributed by atoms with Gasteiger partial charge >= 0.3 is 0 Å². The van der Waals surface area contributed by atoms with E-state index in [1.807, 2.05) is 0 Å². The van der Waals surface area contributed by atoms with Crippen LogP contribution in [0.2, 0.25) is 0 Å². The Balaban J connectivity index is 1.49. The van der Waals surface area contributed by atoms with Crippen LogP contribution in [0.15, 0.2) is 62.6 Å². The number of pyridine rings is 1. The molecule has 1 aromatic carbocycles. The van der Waals surface area contributed by atoms with Gasteiger partial charge in [0, 0.05) is 24.8 Å². The molecule has 1 aliphatic heterocycles. The van der Waals surface area contributed by atoms with Crippen LogP contribution in [-0.2, 0) is 19.5 Å². The van der Waals surface area contributed by atoms with E-state index in [-0.39, 0.29) is 49.4 Å². The van der Waals surface area contributed by atoms with Crippen molar-refractivity contribution in [2.45, 2.75) is 32.9 Å². The number of aryl methyl sites for hydroxylation is 2. The number of aromatic hydroxyl groups is 1. The smallest absolute Gasteiger partial charge is 0.278 e. The molecule has 0 saturated heterocycles. The first kappa shape index (κ1) is 24.9. The average molecular weight is 524 g/mol. The van der Waals surface area contributed by atoms with Crippen LogP contribution < -0.4 is 10.4 Å². The monoisotopic (exact) mass is 524 g/mol. The molecule has 4 aromatic rings. The van der Waals surface area contributed by atoms with Crippen molar-refractivity contribution in [1.82, 2.24) is 14.7 Å². The molecule has 1 N–H and O–H groups in total. The Labute approximate surface area is 214 Å². The van der Waals surface area contributed by atoms with E-state index in [1.54, 1.807) is 30.1 Å². The van der Waals surface area contributed by atoms with Crippen LogP contribution >= 0.6 is 0 Å². The number of Topliss-reactive ketones (excluding diaryl/α,β-unsaturated/α-hetero) is 1. The van der Waals surface area contributed by atoms with Crippen LogP contribution in [0.1, 0.15) is 50.0 Å². The average Bonchev–Trinajstić information content (AvgIpc) is 3.54. The van der Waals surface area contributed by atoms with Crippen LogP contribution in [0.4, 0.5) is 8.78 Å². The standard InChI is InChI=1S/C26H22F2N4O6/c1-15-9-18(29-38-15)11-31-14-30(12-19-3-2-8-37-19)26(36)23-25(35)24(34)20(13-32(23)31)22(33)7-5-16-4-6-17(27)10-21(16)28/h2-4,6,8-10,13,35H,5,7,11-12,14H2,1H3. The van der Waals surface area contributed by atoms with Crippen molar-refractivity contribution < 1.29 is 32.4 Å². The van der Waals surface area contributed by atoms with E-state index in [1.165, 1.54) is 28.1 Å². The highest BCUT2D eigenvalue weighted by atomic mass is 19.1. The molecule has 0 spiro atoms. The van der Waals surface area contributed by atoms with Crippen LogP contribution in [0.25, 0.3) is 0 Å². The van der Waals surface area contributed by atoms with E-state index >= 15 is 0 Å². The second-order valence-corrected chi connectivity index (χ2v) is 8.89. The first-order chi connectivity index (χ1) is 18.2. The van der Waals surface area contributed by atoms with Gasteiger partial charge in [0.15, 0.2) is 17.2 Å². The summed E-state index contributed by atoms with van der Waals surface area (Å²) < 4.78 is 39.0. The van der Waals surface area contributed by atoms with Crippen molar-refractivity contribution in [2.24, 2.45) is 0 Å². The number of rotatable bonds is 8. The van der Waals surface area contributed by atoms with Gasteiger partial charge in [0.25, 0.3) is 5.91 Å². The van der Waals surface area contributed by atoms with Crippen LogP contribution in [-0.4, -0.2) is 38.2 Å². The molecule has 12 heteroatoms. The highest BCUT2D eigenvalue weighted by Gasteiger charge is 2.35. The highest BCUT2D eigenvalue weighted by molar-refractivity contribution is 6.00. The lowest BCUT2D eigenvalue weighted by Crippen LogP contribution is -2.53. The summed E-state index contributed by atoms with van der Waals surface area (Å²) in [4.78, 5) is 40.7. The molecule has 1 aliphatic rings. The van der Waals surface area contributed by atoms with E-state index in [4.69, 9.17) is 8.94 Å². The number of furan rings is 1. The number of hydrogen-bond acceptors (Lipinski definition) is 8. The first-order valence-corrected chi connectivity index (χ1v) is 11.7. The van der Waals surface area contributed by atoms with Gasteiger partial charge in [0.2, 0.25) is 5.43 Å². The largest absolute Gasteiger partial charge is 0.502 e. The molecular formula is C26H22F2N4O6. The molecule has 0 atom stereocenters. The van der Waals surface area contributed by atoms with Gasteiger partial charge in [0.05, 0.1) is 24.9 Å². The normalized spacial score (nSPS) is 13.2. The number of fused-ring (bicyclic) bond motifs is 1. The fourth-order valence-corrected chi connectivity index (χ4v) is 4.31. The summed E-state index contributed by atoms with van der Waals surface area (Å²) in [5.41, 5.74) is -1.10. The quantitative estimate of drug-likeness (QED) is 0.349. The Hall–Kier alpha value is -4.74. The third-order valence-electron chi connectivity index (χ3n) is 6.18. The second kappa shape index (κ2) is 9.96. The van der Waals surface area contributed by atoms with E-state index in [2.05, 4.69) is 5.16 Å². The van der Waals surface area contributed by atoms with Crippen LogP contribution in [0.3, 0.4) is 0 Å². The van der Waals surface area contributed by atoms with Gasteiger partial charge in [-0.05, 0) is 37.1 Å². The molecule has 0 saturated carbocycles. The summed E-state index contributed by atoms with van der Waals surface area (Å²) in [6, 6.07) is 8.06. The number of aromatic nitrogens is 2. The zero-order chi connectivity index (χ0) is 27.0. The summed E-state index contributed by atoms with van der Waals surface area (Å²) in [6.07, 6.45) is 2.28. The lowest BCUT2D eigenvalue weighted by atomic mass is 10.0. The van der Waals surface area contributed by atoms with Crippen molar-refractivity contribution in [1.29, 1.82) is 0 Å². The number of halogens is 2. The molecule has 0 radical (unpaired) electrons. The molecule has 1 amide bonds. The van der Waals surface area contributed by atoms with E-state index < -0.39 is 34.5 Å². The molecule has 0 bridgehead atoms. The molecule has 4 heterocycles. The van der Waals surface area contributed by atoms with Crippen LogP contribution in [0, 0.1) is 18.6 Å². The molecule has 0 fully saturated rings. The molecule has 5 rings (SSSR count). The summed E-state index contributed by atoms with van der Waals surface area (Å²) in [6.45, 7) is 1.91. The molecule has 196 valence electrons. The molecule has 38 heavy (non-hydrogen) atoms. The van der Waals surface area contributed by atoms with Gasteiger partial charge in [-0.15, -0.1) is 0 Å². The topological polar surface area (TPSA) is 122 Å². The molecule has 10 nitrogen and oxygen atoms in total. The van der Waals surface area contributed by atoms with Gasteiger partial charge in [0.1, 0.15) is 35.5 Å². The lowest BCUT2D eigenvalue weighted by Gasteiger charge is -2.39. The predicted molar refractivity (Wildman–Crippen MR) is 128 cm³/mol. The lowest BCUT2D eigenvalue weighted by molar-refractivity contribution is 0.0655. The van der Waals surface area contributed by atoms with Gasteiger partial charge < -0.3 is 18.9 Å². The molecular weight excluding hydrogens is 502 g/mol. The number of amides is 1. The summed E-state index contributed by atoms with van der Waals surface area (Å²) >= 11 is 0. The SMILES string of the molecule is Cc1cc(CN2CN(Cc3ccco3)C(=O)c3c(O)c(=O)c(C(=O)CCc4ccc(F)cc4F)cn32)no1. The minimum Gasteiger partial charge on any atom is -0.502 e. The Morgan fingerprint density at radius 1 is 1.16 bits per heavy atom. The highest BCUT2D eigenvalue weighted by Crippen LogP contribution is 2.25. The van der Waals surface area contributed by atoms with Crippen molar-refractivity contribution in [2.75, 3.05) is 11.7 Å². The van der Waals surface area contributed by atoms with Crippen LogP contribution in [0.5, 0.6) is 5.75 Å². The van der Waals surface area contributed by atoms with E-state index in [0.29, 0.717) is 23.3 Å². The Morgan fingerprint density at radius 2 is 1.97 bits per heavy atom. The third kappa shape index (κ3) is 4.80. The van der Waals surface area contributed by atoms with Crippen molar-refractivity contribution in [3.8, 4) is 5.75 Å². The third-order valence-corrected chi connectivity index (χ3v) is 6.18. The second-order valence-electron chi connectivity index (χ2n) is 8.89. The van der Waals surface area contributed by atoms with Crippen molar-refractivity contribution in [3.05, 3.63) is 105 Å². The van der Waals surface area contributed by atoms with Gasteiger partial charge in [-0.1, -0.05) is 11.2 Å². The molecule has 0 aliphatic carbocycles. The fourth-order valence-electron chi connectivity index (χ4n) is 4.31. The number of ketones is 1. The number of nitrogens with zero attached hydrogens (tertiary/aromatic N) is 4. The van der Waals surface area contributed by atoms with E-state index in [9.17, 15) is 28.3 Å². The maximum atomic E-state index is 14.0. The minimum absolute atomic E-state index is 0.00910. The zero-order valence-electron chi connectivity index (χ0n) is 20.2. The van der Waals surface area contributed by atoms with Gasteiger partial charge in [-0.25, -0.2) is 8.78 Å². The summed E-state index contributed by atoms with van der Waals surface area (Å²) in [7, 11) is 0. The Bertz CT molecular complexity index is 1580. The van der Waals surface area contributed by atoms with E-state index in [0.717, 1.165) is 6.07 Å². The van der Waals surface area contributed by atoms with Gasteiger partial charge in [-0.3, -0.25) is 24.1 Å². The fraction of sp³-hybridized carbons (Fsp3) is 0.231. The molecule has 0 unspecified atom stereocenters. The zero-order valence-corrected chi connectivity index (χ0v) is 20.2. The first-order valence-electron chi connectivity index (χ1n) is 11.7. The maximum absolute atomic E-state index is 14.0. The summed E-state index contributed by atoms with van der Waals surface area (Å²) in [5, 5.41) is 16.4. The van der Waals surface area contributed by atoms with Crippen molar-refractivity contribution >= 4 is 11.7 Å². The molecule has 3 aromatic heterocycles. The number of benzene rings is 1. The van der Waals surface area contributed by atoms with Crippen molar-refractivity contribution in [3.63, 3.8) is 0 Å². The number of hydrogen-bond donors (Lipinski definition) is 1. The Kier molecular flexibility index (Phi) is 6.53. The minimum atomic E-state index is -1.02. The Morgan fingerprint density at radius 3 is 2.66 bits per heavy atom. The number of carbonyl (C=O) groups excluding carboxylic acids is 2. The van der Waals surface area contributed by atoms with Gasteiger partial charge in [-0.2, -0.15) is 0 Å². The number of carbonyl (C=O) groups is 2. The maximum Gasteiger partial charge on any atom is 0.278 e.